The number of amides is 3. The maximum Gasteiger partial charge on any atom is 0.330 e. The van der Waals surface area contributed by atoms with Crippen LogP contribution in [0.5, 0.6) is 5.75 Å². The number of nitrogens with zero attached hydrogens (tertiary/aromatic N) is 2. The Kier molecular flexibility index (Phi) is 10.5. The number of ether oxygens (including phenoxy) is 2. The molecule has 1 N–H and O–H groups in total. The Bertz CT molecular complexity index is 1000. The summed E-state index contributed by atoms with van der Waals surface area (Å²) in [5.74, 6) is 0.514. The number of carbonyl (C=O) groups is 2. The fourth-order valence-electron chi connectivity index (χ4n) is 4.85. The second-order valence-electron chi connectivity index (χ2n) is 9.87. The van der Waals surface area contributed by atoms with Crippen LogP contribution >= 0.6 is 0 Å². The molecule has 0 aliphatic carbocycles. The number of methoxy groups -OCH3 is 1. The van der Waals surface area contributed by atoms with Gasteiger partial charge in [0, 0.05) is 33.4 Å². The van der Waals surface area contributed by atoms with E-state index in [-0.39, 0.29) is 11.9 Å². The van der Waals surface area contributed by atoms with Crippen LogP contribution < -0.4 is 10.1 Å². The van der Waals surface area contributed by atoms with Crippen molar-refractivity contribution in [1.82, 2.24) is 15.1 Å². The van der Waals surface area contributed by atoms with Crippen LogP contribution in [0.3, 0.4) is 0 Å². The predicted octanol–water partition coefficient (Wildman–Crippen LogP) is 5.51. The smallest absolute Gasteiger partial charge is 0.330 e. The number of nitrogens with one attached hydrogen (secondary N) is 1. The SMILES string of the molecule is CCCN(Cc1ccc(C)cc1)C(=O)N1C(=O)C(CC)(CC)C1Oc1ccc(CNCCCOC)cc1. The van der Waals surface area contributed by atoms with E-state index in [9.17, 15) is 9.59 Å². The van der Waals surface area contributed by atoms with Crippen molar-refractivity contribution in [1.29, 1.82) is 0 Å². The molecule has 7 heteroatoms. The summed E-state index contributed by atoms with van der Waals surface area (Å²) in [6.07, 6.45) is 2.38. The van der Waals surface area contributed by atoms with E-state index in [0.717, 1.165) is 43.7 Å². The summed E-state index contributed by atoms with van der Waals surface area (Å²) in [5, 5.41) is 3.40. The van der Waals surface area contributed by atoms with Gasteiger partial charge in [0.1, 0.15) is 11.2 Å². The van der Waals surface area contributed by atoms with Crippen LogP contribution in [0.4, 0.5) is 4.79 Å². The maximum absolute atomic E-state index is 13.7. The van der Waals surface area contributed by atoms with Gasteiger partial charge in [-0.15, -0.1) is 0 Å². The molecule has 1 aliphatic rings. The molecule has 0 saturated carbocycles. The Morgan fingerprint density at radius 2 is 1.68 bits per heavy atom. The minimum atomic E-state index is -0.695. The lowest BCUT2D eigenvalue weighted by Gasteiger charge is -2.54. The number of benzene rings is 2. The van der Waals surface area contributed by atoms with Gasteiger partial charge in [0.15, 0.2) is 6.23 Å². The Morgan fingerprint density at radius 3 is 2.27 bits per heavy atom. The quantitative estimate of drug-likeness (QED) is 0.269. The first-order chi connectivity index (χ1) is 17.9. The fourth-order valence-corrected chi connectivity index (χ4v) is 4.85. The third kappa shape index (κ3) is 6.70. The van der Waals surface area contributed by atoms with Crippen molar-refractivity contribution in [2.75, 3.05) is 26.8 Å². The highest BCUT2D eigenvalue weighted by Gasteiger charge is 2.63. The molecule has 2 aromatic rings. The van der Waals surface area contributed by atoms with Crippen LogP contribution in [-0.4, -0.2) is 54.8 Å². The molecule has 0 aromatic heterocycles. The Labute approximate surface area is 222 Å². The van der Waals surface area contributed by atoms with Crippen LogP contribution in [0, 0.1) is 12.3 Å². The topological polar surface area (TPSA) is 71.1 Å². The van der Waals surface area contributed by atoms with Crippen molar-refractivity contribution in [3.63, 3.8) is 0 Å². The molecule has 1 aliphatic heterocycles. The Hall–Kier alpha value is -2.90. The van der Waals surface area contributed by atoms with E-state index < -0.39 is 11.6 Å². The fraction of sp³-hybridized carbons (Fsp3) is 0.533. The molecule has 3 amide bonds. The number of aryl methyl sites for hydroxylation is 1. The molecule has 0 bridgehead atoms. The number of urea groups is 1. The maximum atomic E-state index is 13.7. The Morgan fingerprint density at radius 1 is 1.03 bits per heavy atom. The van der Waals surface area contributed by atoms with Crippen molar-refractivity contribution in [2.24, 2.45) is 5.41 Å². The third-order valence-electron chi connectivity index (χ3n) is 7.28. The number of imide groups is 1. The zero-order valence-electron chi connectivity index (χ0n) is 23.1. The number of β-lactam (4-membered cyclic amide) rings is 1. The minimum absolute atomic E-state index is 0.144. The molecule has 2 aromatic carbocycles. The second kappa shape index (κ2) is 13.6. The van der Waals surface area contributed by atoms with E-state index in [1.54, 1.807) is 12.0 Å². The van der Waals surface area contributed by atoms with E-state index in [4.69, 9.17) is 9.47 Å². The third-order valence-corrected chi connectivity index (χ3v) is 7.28. The summed E-state index contributed by atoms with van der Waals surface area (Å²) in [4.78, 5) is 30.2. The van der Waals surface area contributed by atoms with Crippen molar-refractivity contribution in [2.45, 2.75) is 72.7 Å². The number of likely N-dealkylation sites (tertiary alicyclic amines) is 1. The van der Waals surface area contributed by atoms with Crippen LogP contribution in [0.1, 0.15) is 63.1 Å². The molecule has 1 fully saturated rings. The minimum Gasteiger partial charge on any atom is -0.469 e. The normalized spacial score (nSPS) is 16.4. The molecule has 202 valence electrons. The van der Waals surface area contributed by atoms with Crippen LogP contribution in [-0.2, 0) is 22.6 Å². The monoisotopic (exact) mass is 509 g/mol. The number of hydrogen-bond acceptors (Lipinski definition) is 5. The van der Waals surface area contributed by atoms with Crippen molar-refractivity contribution >= 4 is 11.9 Å². The molecule has 7 nitrogen and oxygen atoms in total. The molecule has 1 saturated heterocycles. The highest BCUT2D eigenvalue weighted by atomic mass is 16.5. The van der Waals surface area contributed by atoms with Gasteiger partial charge >= 0.3 is 6.03 Å². The first-order valence-electron chi connectivity index (χ1n) is 13.5. The highest BCUT2D eigenvalue weighted by molar-refractivity contribution is 6.03. The van der Waals surface area contributed by atoms with E-state index >= 15 is 0 Å². The van der Waals surface area contributed by atoms with E-state index in [2.05, 4.69) is 5.32 Å². The summed E-state index contributed by atoms with van der Waals surface area (Å²) in [6, 6.07) is 15.8. The summed E-state index contributed by atoms with van der Waals surface area (Å²) >= 11 is 0. The number of carbonyl (C=O) groups excluding carboxylic acids is 2. The van der Waals surface area contributed by atoms with E-state index in [0.29, 0.717) is 31.7 Å². The standard InChI is InChI=1S/C30H43N3O4/c1-6-19-32(22-25-12-10-23(4)11-13-25)29(35)33-27(34)30(7-2,8-3)28(33)37-26-16-14-24(15-17-26)21-31-18-9-20-36-5/h10-17,28,31H,6-9,18-22H2,1-5H3. The molecule has 1 heterocycles. The second-order valence-corrected chi connectivity index (χ2v) is 9.87. The summed E-state index contributed by atoms with van der Waals surface area (Å²) in [6.45, 7) is 11.5. The lowest BCUT2D eigenvalue weighted by atomic mass is 9.72. The van der Waals surface area contributed by atoms with Gasteiger partial charge in [-0.3, -0.25) is 4.79 Å². The molecular formula is C30H43N3O4. The van der Waals surface area contributed by atoms with Gasteiger partial charge < -0.3 is 19.7 Å². The number of hydrogen-bond donors (Lipinski definition) is 1. The molecule has 1 atom stereocenters. The lowest BCUT2D eigenvalue weighted by Crippen LogP contribution is -2.73. The molecule has 0 spiro atoms. The van der Waals surface area contributed by atoms with Gasteiger partial charge in [-0.25, -0.2) is 9.69 Å². The zero-order valence-corrected chi connectivity index (χ0v) is 23.1. The van der Waals surface area contributed by atoms with Gasteiger partial charge in [-0.2, -0.15) is 0 Å². The molecule has 3 rings (SSSR count). The molecule has 0 radical (unpaired) electrons. The van der Waals surface area contributed by atoms with Crippen LogP contribution in [0.25, 0.3) is 0 Å². The van der Waals surface area contributed by atoms with Crippen molar-refractivity contribution < 1.29 is 19.1 Å². The molecule has 1 unspecified atom stereocenters. The van der Waals surface area contributed by atoms with E-state index in [1.165, 1.54) is 10.5 Å². The molecular weight excluding hydrogens is 466 g/mol. The average Bonchev–Trinajstić information content (AvgIpc) is 2.91. The van der Waals surface area contributed by atoms with Gasteiger partial charge in [0.05, 0.1) is 0 Å². The van der Waals surface area contributed by atoms with Crippen LogP contribution in [0.15, 0.2) is 48.5 Å². The van der Waals surface area contributed by atoms with E-state index in [1.807, 2.05) is 76.2 Å². The summed E-state index contributed by atoms with van der Waals surface area (Å²) < 4.78 is 11.5. The van der Waals surface area contributed by atoms with Gasteiger partial charge in [-0.1, -0.05) is 62.7 Å². The van der Waals surface area contributed by atoms with Gasteiger partial charge in [0.25, 0.3) is 0 Å². The van der Waals surface area contributed by atoms with Crippen molar-refractivity contribution in [3.05, 3.63) is 65.2 Å². The first-order valence-corrected chi connectivity index (χ1v) is 13.5. The van der Waals surface area contributed by atoms with Crippen LogP contribution in [0.2, 0.25) is 0 Å². The Balaban J connectivity index is 1.73. The summed E-state index contributed by atoms with van der Waals surface area (Å²) in [5.41, 5.74) is 2.67. The largest absolute Gasteiger partial charge is 0.469 e. The van der Waals surface area contributed by atoms with Gasteiger partial charge in [0.2, 0.25) is 5.91 Å². The zero-order chi connectivity index (χ0) is 26.8. The highest BCUT2D eigenvalue weighted by Crippen LogP contribution is 2.46. The number of rotatable bonds is 14. The predicted molar refractivity (Wildman–Crippen MR) is 146 cm³/mol. The van der Waals surface area contributed by atoms with Crippen molar-refractivity contribution in [3.8, 4) is 5.75 Å². The lowest BCUT2D eigenvalue weighted by molar-refractivity contribution is -0.192. The average molecular weight is 510 g/mol. The molecule has 37 heavy (non-hydrogen) atoms. The summed E-state index contributed by atoms with van der Waals surface area (Å²) in [7, 11) is 1.71. The first kappa shape index (κ1) is 28.7. The van der Waals surface area contributed by atoms with Gasteiger partial charge in [-0.05, 0) is 62.4 Å².